The molecule has 12 rings (SSSR count). The van der Waals surface area contributed by atoms with E-state index < -0.39 is 11.6 Å². The fourth-order valence-corrected chi connectivity index (χ4v) is 17.6. The number of imidazole rings is 1. The SMILES string of the molecule is CC#Cc1ccc(-c2ccc(C(=O)[C@@H]3CC[C@@H]4C[C@]35C[C@H]([C@H]3C#Cc6c(cc(O)c7c6N[C@@H](C=C7)[C@@](C)(O)Cc6cccc(c6Cc6cnc[nH]6)C3)C[C@@H]4N=C(N)NC3CCCCC3)[C@]3(CCC[C@H]3CO)C5)s2)s1. The van der Waals surface area contributed by atoms with E-state index >= 15 is 4.79 Å². The zero-order chi connectivity index (χ0) is 50.8. The van der Waals surface area contributed by atoms with Crippen LogP contribution >= 0.6 is 22.7 Å². The van der Waals surface area contributed by atoms with Crippen molar-refractivity contribution in [3.05, 3.63) is 116 Å². The van der Waals surface area contributed by atoms with Crippen LogP contribution < -0.4 is 16.4 Å². The molecule has 10 atom stereocenters. The number of aromatic nitrogens is 2. The van der Waals surface area contributed by atoms with Gasteiger partial charge in [-0.2, -0.15) is 0 Å². The second-order valence-electron chi connectivity index (χ2n) is 23.4. The Labute approximate surface area is 444 Å². The second kappa shape index (κ2) is 19.8. The van der Waals surface area contributed by atoms with Crippen LogP contribution in [-0.4, -0.2) is 67.4 Å². The Morgan fingerprint density at radius 2 is 1.84 bits per heavy atom. The van der Waals surface area contributed by atoms with Crippen LogP contribution in [0.5, 0.6) is 5.75 Å². The number of aromatic amines is 1. The lowest BCUT2D eigenvalue weighted by Gasteiger charge is -2.47. The van der Waals surface area contributed by atoms with Crippen LogP contribution in [-0.2, 0) is 25.7 Å². The molecule has 4 fully saturated rings. The molecule has 9 bridgehead atoms. The molecular weight excluding hydrogens is 957 g/mol. The van der Waals surface area contributed by atoms with Gasteiger partial charge in [0.25, 0.3) is 0 Å². The number of fused-ring (bicyclic) bond motifs is 8. The third-order valence-corrected chi connectivity index (χ3v) is 21.3. The Kier molecular flexibility index (Phi) is 13.2. The van der Waals surface area contributed by atoms with Crippen LogP contribution in [0.4, 0.5) is 5.69 Å². The first-order chi connectivity index (χ1) is 35.9. The summed E-state index contributed by atoms with van der Waals surface area (Å²) < 4.78 is 0. The molecule has 12 heteroatoms. The second-order valence-corrected chi connectivity index (χ2v) is 25.6. The van der Waals surface area contributed by atoms with Crippen molar-refractivity contribution in [1.29, 1.82) is 0 Å². The van der Waals surface area contributed by atoms with Gasteiger partial charge in [-0.05, 0) is 166 Å². The van der Waals surface area contributed by atoms with Crippen molar-refractivity contribution < 1.29 is 20.1 Å². The highest BCUT2D eigenvalue weighted by atomic mass is 32.1. The lowest BCUT2D eigenvalue weighted by Crippen LogP contribution is -2.46. The summed E-state index contributed by atoms with van der Waals surface area (Å²) in [5.74, 6) is 14.9. The number of ketones is 1. The largest absolute Gasteiger partial charge is 0.507 e. The number of nitrogens with one attached hydrogen (secondary N) is 3. The predicted octanol–water partition coefficient (Wildman–Crippen LogP) is 10.8. The van der Waals surface area contributed by atoms with Crippen LogP contribution in [0.3, 0.4) is 0 Å². The van der Waals surface area contributed by atoms with Gasteiger partial charge in [0.15, 0.2) is 11.7 Å². The smallest absolute Gasteiger partial charge is 0.189 e. The minimum Gasteiger partial charge on any atom is -0.507 e. The number of carbonyl (C=O) groups is 1. The molecular formula is C62H70N6O4S2. The van der Waals surface area contributed by atoms with Gasteiger partial charge >= 0.3 is 0 Å². The van der Waals surface area contributed by atoms with Gasteiger partial charge < -0.3 is 36.7 Å². The third-order valence-electron chi connectivity index (χ3n) is 19.0. The number of hydrogen-bond donors (Lipinski definition) is 7. The number of nitrogens with two attached hydrogens (primary N) is 1. The van der Waals surface area contributed by atoms with Crippen LogP contribution in [0.15, 0.2) is 72.1 Å². The number of hydrogen-bond acceptors (Lipinski definition) is 9. The van der Waals surface area contributed by atoms with Gasteiger partial charge in [-0.1, -0.05) is 73.8 Å². The third kappa shape index (κ3) is 9.02. The monoisotopic (exact) mass is 1030 g/mol. The zero-order valence-corrected chi connectivity index (χ0v) is 44.4. The topological polar surface area (TPSA) is 169 Å². The van der Waals surface area contributed by atoms with Gasteiger partial charge in [0.1, 0.15) is 5.75 Å². The molecule has 74 heavy (non-hydrogen) atoms. The average Bonchev–Trinajstić information content (AvgIpc) is 4.27. The Morgan fingerprint density at radius 3 is 2.66 bits per heavy atom. The highest BCUT2D eigenvalue weighted by Gasteiger charge is 2.64. The minimum absolute atomic E-state index is 0.0696. The molecule has 0 saturated heterocycles. The van der Waals surface area contributed by atoms with Crippen LogP contribution in [0, 0.1) is 64.1 Å². The molecule has 10 nitrogen and oxygen atoms in total. The normalized spacial score (nSPS) is 31.2. The summed E-state index contributed by atoms with van der Waals surface area (Å²) in [6.45, 7) is 3.87. The average molecular weight is 1030 g/mol. The molecule has 4 saturated carbocycles. The summed E-state index contributed by atoms with van der Waals surface area (Å²) in [6, 6.07) is 16.4. The molecule has 0 amide bonds. The molecule has 3 aromatic heterocycles. The molecule has 5 aliphatic carbocycles. The van der Waals surface area contributed by atoms with Crippen LogP contribution in [0.2, 0.25) is 0 Å². The van der Waals surface area contributed by atoms with E-state index in [1.54, 1.807) is 29.0 Å². The standard InChI is InChI=1S/C62H70N6O4S2/c1-3-9-45-17-21-53(73-45)54-22-23-55(74-54)58(71)49-20-16-40-31-61(49)32-50(62(35-61)25-8-12-42(62)34-69)38-15-18-46-41(27-51(40)67-59(63)66-43-13-5-4-6-14-43)28-52(70)47-19-24-56(68-57(46)47)60(2,72)30-39-11-7-10-37(26-38)48(39)29-44-33-64-36-65-44/h7,10-11,17,19,21-24,28,33,36,38,40,42-43,49-51,56,68-70,72H,4-6,8,12-14,16,20,25-27,29-32,34-35H2,1-2H3,(H,64,65)(H3,63,66,67)/t38-,40+,42-,49-,50+,51-,56-,60-,61+,62+/m0/s1. The summed E-state index contributed by atoms with van der Waals surface area (Å²) in [6.07, 6.45) is 22.5. The molecule has 8 N–H and O–H groups in total. The van der Waals surface area contributed by atoms with Gasteiger partial charge in [0.2, 0.25) is 0 Å². The van der Waals surface area contributed by atoms with Crippen molar-refractivity contribution >= 4 is 46.2 Å². The summed E-state index contributed by atoms with van der Waals surface area (Å²) in [5.41, 5.74) is 12.8. The maximum Gasteiger partial charge on any atom is 0.189 e. The van der Waals surface area contributed by atoms with Crippen molar-refractivity contribution in [2.45, 2.75) is 147 Å². The van der Waals surface area contributed by atoms with Gasteiger partial charge in [-0.25, -0.2) is 9.98 Å². The van der Waals surface area contributed by atoms with E-state index in [1.807, 2.05) is 38.3 Å². The number of aliphatic imine (C=N–C) groups is 1. The summed E-state index contributed by atoms with van der Waals surface area (Å²) in [5, 5.41) is 43.8. The van der Waals surface area contributed by atoms with Crippen molar-refractivity contribution in [3.63, 3.8) is 0 Å². The minimum atomic E-state index is -1.23. The number of rotatable bonds is 8. The number of carbonyl (C=O) groups excluding carboxylic acids is 1. The van der Waals surface area contributed by atoms with Gasteiger partial charge in [-0.15, -0.1) is 28.6 Å². The highest BCUT2D eigenvalue weighted by molar-refractivity contribution is 7.23. The molecule has 5 heterocycles. The lowest BCUT2D eigenvalue weighted by atomic mass is 9.57. The van der Waals surface area contributed by atoms with E-state index in [0.717, 1.165) is 112 Å². The van der Waals surface area contributed by atoms with Gasteiger partial charge in [-0.3, -0.25) is 4.79 Å². The summed E-state index contributed by atoms with van der Waals surface area (Å²) in [4.78, 5) is 33.1. The number of benzene rings is 2. The maximum absolute atomic E-state index is 15.8. The predicted molar refractivity (Wildman–Crippen MR) is 297 cm³/mol. The number of H-pyrrole nitrogens is 1. The number of Topliss-reactive ketones (excluding diaryl/α,β-unsaturated/α-hetero) is 1. The molecule has 5 aromatic rings. The Bertz CT molecular complexity index is 3140. The van der Waals surface area contributed by atoms with Crippen molar-refractivity contribution in [1.82, 2.24) is 15.3 Å². The molecule has 0 radical (unpaired) electrons. The fraction of sp³-hybridized carbons (Fsp3) is 0.500. The molecule has 2 aliphatic heterocycles. The molecule has 0 unspecified atom stereocenters. The molecule has 2 aromatic carbocycles. The number of phenolic OH excluding ortho intramolecular Hbond substituents is 1. The van der Waals surface area contributed by atoms with E-state index in [1.165, 1.54) is 30.4 Å². The maximum atomic E-state index is 15.8. The quantitative estimate of drug-likeness (QED) is 0.0349. The van der Waals surface area contributed by atoms with Crippen LogP contribution in [0.25, 0.3) is 15.8 Å². The number of phenols is 1. The van der Waals surface area contributed by atoms with Crippen LogP contribution in [0.1, 0.15) is 151 Å². The number of aromatic hydroxyl groups is 1. The first-order valence-corrected chi connectivity index (χ1v) is 29.1. The summed E-state index contributed by atoms with van der Waals surface area (Å²) >= 11 is 3.28. The first kappa shape index (κ1) is 49.3. The number of guanidine groups is 1. The zero-order valence-electron chi connectivity index (χ0n) is 42.8. The number of thiophene rings is 2. The van der Waals surface area contributed by atoms with E-state index in [0.29, 0.717) is 37.2 Å². The number of anilines is 1. The number of aliphatic hydroxyl groups is 2. The van der Waals surface area contributed by atoms with Gasteiger partial charge in [0.05, 0.1) is 45.0 Å². The molecule has 2 spiro atoms. The van der Waals surface area contributed by atoms with Gasteiger partial charge in [0, 0.05) is 64.5 Å². The Balaban J connectivity index is 1.05. The first-order valence-electron chi connectivity index (χ1n) is 27.4. The number of nitrogens with zero attached hydrogens (tertiary/aromatic N) is 2. The Morgan fingerprint density at radius 1 is 1.00 bits per heavy atom. The summed E-state index contributed by atoms with van der Waals surface area (Å²) in [7, 11) is 0. The lowest BCUT2D eigenvalue weighted by molar-refractivity contribution is 0.0241. The van der Waals surface area contributed by atoms with Crippen molar-refractivity contribution in [3.8, 4) is 39.2 Å². The number of aliphatic hydroxyl groups excluding tert-OH is 1. The van der Waals surface area contributed by atoms with E-state index in [2.05, 4.69) is 86.7 Å². The van der Waals surface area contributed by atoms with E-state index in [4.69, 9.17) is 10.7 Å². The molecule has 384 valence electrons. The fourth-order valence-electron chi connectivity index (χ4n) is 15.6. The van der Waals surface area contributed by atoms with Crippen molar-refractivity contribution in [2.75, 3.05) is 11.9 Å². The van der Waals surface area contributed by atoms with Crippen molar-refractivity contribution in [2.24, 2.45) is 51.1 Å². The Hall–Kier alpha value is -5.63. The molecule has 7 aliphatic rings. The van der Waals surface area contributed by atoms with E-state index in [9.17, 15) is 15.3 Å². The van der Waals surface area contributed by atoms with E-state index in [-0.39, 0.29) is 70.6 Å². The highest BCUT2D eigenvalue weighted by Crippen LogP contribution is 2.70.